The largest absolute Gasteiger partial charge is 0.508 e. The van der Waals surface area contributed by atoms with Crippen molar-refractivity contribution in [2.75, 3.05) is 6.54 Å². The molecule has 0 unspecified atom stereocenters. The molecule has 104 valence electrons. The molecular weight excluding hydrogens is 272 g/mol. The van der Waals surface area contributed by atoms with Gasteiger partial charge < -0.3 is 15.8 Å². The molecule has 0 aliphatic carbocycles. The van der Waals surface area contributed by atoms with Crippen LogP contribution in [0.15, 0.2) is 48.5 Å². The second kappa shape index (κ2) is 5.99. The lowest BCUT2D eigenvalue weighted by Crippen LogP contribution is -2.03. The van der Waals surface area contributed by atoms with Crippen molar-refractivity contribution in [3.05, 3.63) is 54.1 Å². The Morgan fingerprint density at radius 3 is 2.40 bits per heavy atom. The molecular formula is C16H17ClN2O. The van der Waals surface area contributed by atoms with E-state index in [1.165, 1.54) is 10.9 Å². The van der Waals surface area contributed by atoms with Gasteiger partial charge in [-0.1, -0.05) is 18.2 Å². The third-order valence-corrected chi connectivity index (χ3v) is 3.36. The first kappa shape index (κ1) is 14.4. The zero-order valence-corrected chi connectivity index (χ0v) is 11.8. The molecule has 0 atom stereocenters. The van der Waals surface area contributed by atoms with Crippen LogP contribution < -0.4 is 5.73 Å². The first-order valence-corrected chi connectivity index (χ1v) is 6.38. The summed E-state index contributed by atoms with van der Waals surface area (Å²) in [4.78, 5) is 3.45. The first-order valence-electron chi connectivity index (χ1n) is 6.38. The highest BCUT2D eigenvalue weighted by molar-refractivity contribution is 5.90. The van der Waals surface area contributed by atoms with Crippen molar-refractivity contribution in [2.45, 2.75) is 6.42 Å². The Balaban J connectivity index is 0.00000147. The number of rotatable bonds is 3. The van der Waals surface area contributed by atoms with Crippen LogP contribution in [0.1, 0.15) is 5.56 Å². The summed E-state index contributed by atoms with van der Waals surface area (Å²) >= 11 is 0. The molecule has 1 heterocycles. The van der Waals surface area contributed by atoms with Crippen LogP contribution >= 0.6 is 12.4 Å². The quantitative estimate of drug-likeness (QED) is 0.691. The van der Waals surface area contributed by atoms with Crippen molar-refractivity contribution >= 4 is 23.3 Å². The molecule has 0 saturated heterocycles. The van der Waals surface area contributed by atoms with E-state index >= 15 is 0 Å². The van der Waals surface area contributed by atoms with Gasteiger partial charge in [0, 0.05) is 16.6 Å². The van der Waals surface area contributed by atoms with Crippen LogP contribution in [0.4, 0.5) is 0 Å². The van der Waals surface area contributed by atoms with Crippen molar-refractivity contribution in [1.29, 1.82) is 0 Å². The van der Waals surface area contributed by atoms with E-state index in [1.807, 2.05) is 24.3 Å². The molecule has 0 bridgehead atoms. The highest BCUT2D eigenvalue weighted by atomic mass is 35.5. The van der Waals surface area contributed by atoms with Crippen molar-refractivity contribution in [3.63, 3.8) is 0 Å². The molecule has 20 heavy (non-hydrogen) atoms. The smallest absolute Gasteiger partial charge is 0.115 e. The van der Waals surface area contributed by atoms with Crippen LogP contribution in [0, 0.1) is 0 Å². The molecule has 3 aromatic rings. The van der Waals surface area contributed by atoms with Gasteiger partial charge in [0.25, 0.3) is 0 Å². The van der Waals surface area contributed by atoms with Gasteiger partial charge in [0.05, 0.1) is 0 Å². The van der Waals surface area contributed by atoms with E-state index in [4.69, 9.17) is 5.73 Å². The van der Waals surface area contributed by atoms with Gasteiger partial charge in [-0.25, -0.2) is 0 Å². The molecule has 3 rings (SSSR count). The van der Waals surface area contributed by atoms with E-state index in [2.05, 4.69) is 17.1 Å². The number of hydrogen-bond donors (Lipinski definition) is 3. The molecule has 0 radical (unpaired) electrons. The molecule has 0 amide bonds. The molecule has 2 aromatic carbocycles. The zero-order valence-electron chi connectivity index (χ0n) is 11.0. The fourth-order valence-electron chi connectivity index (χ4n) is 2.48. The Kier molecular flexibility index (Phi) is 4.32. The van der Waals surface area contributed by atoms with E-state index in [0.29, 0.717) is 6.54 Å². The molecule has 0 aliphatic heterocycles. The van der Waals surface area contributed by atoms with E-state index in [1.54, 1.807) is 12.1 Å². The molecule has 4 N–H and O–H groups in total. The van der Waals surface area contributed by atoms with Gasteiger partial charge in [-0.15, -0.1) is 12.4 Å². The lowest BCUT2D eigenvalue weighted by atomic mass is 10.0. The number of hydrogen-bond acceptors (Lipinski definition) is 2. The third-order valence-electron chi connectivity index (χ3n) is 3.36. The highest BCUT2D eigenvalue weighted by Crippen LogP contribution is 2.31. The Bertz CT molecular complexity index is 704. The summed E-state index contributed by atoms with van der Waals surface area (Å²) < 4.78 is 0. The number of H-pyrrole nitrogens is 1. The molecule has 0 spiro atoms. The van der Waals surface area contributed by atoms with Gasteiger partial charge in [-0.05, 0) is 54.4 Å². The fraction of sp³-hybridized carbons (Fsp3) is 0.125. The Morgan fingerprint density at radius 2 is 1.70 bits per heavy atom. The summed E-state index contributed by atoms with van der Waals surface area (Å²) in [5.74, 6) is 0.278. The number of aromatic amines is 1. The first-order chi connectivity index (χ1) is 9.29. The van der Waals surface area contributed by atoms with Crippen molar-refractivity contribution in [3.8, 4) is 17.0 Å². The average molecular weight is 289 g/mol. The van der Waals surface area contributed by atoms with Gasteiger partial charge in [0.1, 0.15) is 5.75 Å². The molecule has 4 heteroatoms. The average Bonchev–Trinajstić information content (AvgIpc) is 2.79. The highest BCUT2D eigenvalue weighted by Gasteiger charge is 2.11. The second-order valence-corrected chi connectivity index (χ2v) is 4.61. The molecule has 0 fully saturated rings. The number of fused-ring (bicyclic) bond motifs is 1. The van der Waals surface area contributed by atoms with Crippen molar-refractivity contribution in [1.82, 2.24) is 4.98 Å². The number of nitrogens with one attached hydrogen (secondary N) is 1. The monoisotopic (exact) mass is 288 g/mol. The number of aromatic hydroxyl groups is 1. The number of benzene rings is 2. The maximum absolute atomic E-state index is 9.39. The summed E-state index contributed by atoms with van der Waals surface area (Å²) in [5, 5.41) is 10.6. The van der Waals surface area contributed by atoms with Gasteiger partial charge in [0.15, 0.2) is 0 Å². The lowest BCUT2D eigenvalue weighted by Gasteiger charge is -2.04. The molecule has 3 nitrogen and oxygen atoms in total. The summed E-state index contributed by atoms with van der Waals surface area (Å²) in [6.45, 7) is 0.618. The summed E-state index contributed by atoms with van der Waals surface area (Å²) in [6, 6.07) is 15.5. The van der Waals surface area contributed by atoms with Crippen molar-refractivity contribution < 1.29 is 5.11 Å². The Hall–Kier alpha value is -1.97. The van der Waals surface area contributed by atoms with Gasteiger partial charge >= 0.3 is 0 Å². The van der Waals surface area contributed by atoms with Crippen LogP contribution in [0.3, 0.4) is 0 Å². The van der Waals surface area contributed by atoms with Crippen molar-refractivity contribution in [2.24, 2.45) is 5.73 Å². The lowest BCUT2D eigenvalue weighted by molar-refractivity contribution is 0.475. The normalized spacial score (nSPS) is 10.4. The van der Waals surface area contributed by atoms with E-state index in [0.717, 1.165) is 23.2 Å². The van der Waals surface area contributed by atoms with Crippen LogP contribution in [0.2, 0.25) is 0 Å². The van der Waals surface area contributed by atoms with E-state index in [-0.39, 0.29) is 18.2 Å². The number of halogens is 1. The van der Waals surface area contributed by atoms with E-state index < -0.39 is 0 Å². The number of phenols is 1. The van der Waals surface area contributed by atoms with Crippen LogP contribution in [-0.2, 0) is 6.42 Å². The predicted molar refractivity (Wildman–Crippen MR) is 85.4 cm³/mol. The topological polar surface area (TPSA) is 62.0 Å². The Labute approximate surface area is 123 Å². The maximum Gasteiger partial charge on any atom is 0.115 e. The molecule has 0 saturated carbocycles. The van der Waals surface area contributed by atoms with E-state index in [9.17, 15) is 5.11 Å². The molecule has 0 aliphatic rings. The van der Waals surface area contributed by atoms with Gasteiger partial charge in [-0.3, -0.25) is 0 Å². The van der Waals surface area contributed by atoms with Gasteiger partial charge in [0.2, 0.25) is 0 Å². The van der Waals surface area contributed by atoms with Crippen LogP contribution in [-0.4, -0.2) is 16.6 Å². The summed E-state index contributed by atoms with van der Waals surface area (Å²) in [5.41, 5.74) is 10.2. The SMILES string of the molecule is Cl.NCCc1c(-c2ccc(O)cc2)[nH]c2ccccc12. The maximum atomic E-state index is 9.39. The standard InChI is InChI=1S/C16H16N2O.ClH/c17-10-9-14-13-3-1-2-4-15(13)18-16(14)11-5-7-12(19)8-6-11;/h1-8,18-19H,9-10,17H2;1H. The number of phenolic OH excluding ortho intramolecular Hbond substituents is 1. The summed E-state index contributed by atoms with van der Waals surface area (Å²) in [7, 11) is 0. The molecule has 1 aromatic heterocycles. The minimum absolute atomic E-state index is 0. The summed E-state index contributed by atoms with van der Waals surface area (Å²) in [6.07, 6.45) is 0.834. The fourth-order valence-corrected chi connectivity index (χ4v) is 2.48. The van der Waals surface area contributed by atoms with Crippen LogP contribution in [0.5, 0.6) is 5.75 Å². The number of aromatic nitrogens is 1. The number of para-hydroxylation sites is 1. The van der Waals surface area contributed by atoms with Crippen LogP contribution in [0.25, 0.3) is 22.2 Å². The second-order valence-electron chi connectivity index (χ2n) is 4.61. The minimum atomic E-state index is 0. The van der Waals surface area contributed by atoms with Gasteiger partial charge in [-0.2, -0.15) is 0 Å². The number of nitrogens with two attached hydrogens (primary N) is 1. The predicted octanol–water partition coefficient (Wildman–Crippen LogP) is 3.46. The zero-order chi connectivity index (χ0) is 13.2. The minimum Gasteiger partial charge on any atom is -0.508 e. The Morgan fingerprint density at radius 1 is 1.00 bits per heavy atom. The third kappa shape index (κ3) is 2.50.